The SMILES string of the molecule is CCCc1[nH][nH]c(=O)c1C1OC(=O)c2c1ccc(OC)c2OC. The minimum Gasteiger partial charge on any atom is -0.493 e. The van der Waals surface area contributed by atoms with Crippen molar-refractivity contribution in [2.45, 2.75) is 25.9 Å². The molecule has 1 aliphatic heterocycles. The Bertz CT molecular complexity index is 805. The minimum absolute atomic E-state index is 0.283. The number of aromatic nitrogens is 2. The lowest BCUT2D eigenvalue weighted by molar-refractivity contribution is 0.0451. The third-order valence-corrected chi connectivity index (χ3v) is 3.95. The number of nitrogens with one attached hydrogen (secondary N) is 2. The number of rotatable bonds is 5. The summed E-state index contributed by atoms with van der Waals surface area (Å²) >= 11 is 0. The van der Waals surface area contributed by atoms with Crippen molar-refractivity contribution in [3.8, 4) is 11.5 Å². The highest BCUT2D eigenvalue weighted by atomic mass is 16.6. The van der Waals surface area contributed by atoms with Crippen molar-refractivity contribution in [3.05, 3.63) is 44.9 Å². The van der Waals surface area contributed by atoms with E-state index in [9.17, 15) is 9.59 Å². The van der Waals surface area contributed by atoms with E-state index in [-0.39, 0.29) is 5.56 Å². The summed E-state index contributed by atoms with van der Waals surface area (Å²) in [5, 5.41) is 5.43. The number of esters is 1. The number of ether oxygens (including phenoxy) is 3. The van der Waals surface area contributed by atoms with Gasteiger partial charge >= 0.3 is 5.97 Å². The van der Waals surface area contributed by atoms with Gasteiger partial charge in [0.15, 0.2) is 17.6 Å². The molecule has 1 atom stereocenters. The Morgan fingerprint density at radius 1 is 1.17 bits per heavy atom. The first kappa shape index (κ1) is 15.2. The summed E-state index contributed by atoms with van der Waals surface area (Å²) in [5.41, 5.74) is 1.81. The normalized spacial score (nSPS) is 16.1. The van der Waals surface area contributed by atoms with Gasteiger partial charge in [0.2, 0.25) is 0 Å². The van der Waals surface area contributed by atoms with Crippen molar-refractivity contribution in [2.75, 3.05) is 14.2 Å². The summed E-state index contributed by atoms with van der Waals surface area (Å²) in [5.74, 6) is 0.242. The van der Waals surface area contributed by atoms with E-state index in [1.807, 2.05) is 6.92 Å². The maximum Gasteiger partial charge on any atom is 0.343 e. The number of cyclic esters (lactones) is 1. The molecule has 0 aliphatic carbocycles. The summed E-state index contributed by atoms with van der Waals surface area (Å²) in [6, 6.07) is 3.43. The fourth-order valence-electron chi connectivity index (χ4n) is 2.94. The van der Waals surface area contributed by atoms with Gasteiger partial charge in [0, 0.05) is 11.3 Å². The van der Waals surface area contributed by atoms with Gasteiger partial charge in [-0.15, -0.1) is 0 Å². The van der Waals surface area contributed by atoms with Gasteiger partial charge in [-0.25, -0.2) is 4.79 Å². The molecular formula is C16H18N2O5. The van der Waals surface area contributed by atoms with Crippen LogP contribution in [0.15, 0.2) is 16.9 Å². The van der Waals surface area contributed by atoms with Crippen molar-refractivity contribution in [3.63, 3.8) is 0 Å². The molecule has 1 aromatic heterocycles. The van der Waals surface area contributed by atoms with Gasteiger partial charge in [0.05, 0.1) is 19.8 Å². The largest absolute Gasteiger partial charge is 0.493 e. The van der Waals surface area contributed by atoms with Gasteiger partial charge < -0.3 is 19.3 Å². The van der Waals surface area contributed by atoms with Crippen LogP contribution in [0.1, 0.15) is 46.6 Å². The Kier molecular flexibility index (Phi) is 3.85. The van der Waals surface area contributed by atoms with Crippen molar-refractivity contribution in [1.29, 1.82) is 0 Å². The molecule has 0 spiro atoms. The first-order valence-corrected chi connectivity index (χ1v) is 7.37. The molecule has 0 bridgehead atoms. The van der Waals surface area contributed by atoms with Gasteiger partial charge in [-0.05, 0) is 12.5 Å². The van der Waals surface area contributed by atoms with E-state index in [1.165, 1.54) is 14.2 Å². The van der Waals surface area contributed by atoms with Crippen LogP contribution in [0, 0.1) is 0 Å². The van der Waals surface area contributed by atoms with Crippen LogP contribution in [0.5, 0.6) is 11.5 Å². The average molecular weight is 318 g/mol. The number of hydrogen-bond donors (Lipinski definition) is 2. The lowest BCUT2D eigenvalue weighted by Gasteiger charge is -2.12. The fraction of sp³-hybridized carbons (Fsp3) is 0.375. The Balaban J connectivity index is 2.17. The van der Waals surface area contributed by atoms with Crippen molar-refractivity contribution in [2.24, 2.45) is 0 Å². The van der Waals surface area contributed by atoms with Crippen LogP contribution in [0.25, 0.3) is 0 Å². The Morgan fingerprint density at radius 2 is 1.96 bits per heavy atom. The highest BCUT2D eigenvalue weighted by Crippen LogP contribution is 2.44. The second kappa shape index (κ2) is 5.83. The predicted octanol–water partition coefficient (Wildman–Crippen LogP) is 1.93. The monoisotopic (exact) mass is 318 g/mol. The Labute approximate surface area is 132 Å². The molecule has 1 aliphatic rings. The van der Waals surface area contributed by atoms with Crippen LogP contribution in [0.4, 0.5) is 0 Å². The molecule has 7 nitrogen and oxygen atoms in total. The maximum absolute atomic E-state index is 12.3. The Hall–Kier alpha value is -2.70. The third kappa shape index (κ3) is 2.28. The molecule has 1 unspecified atom stereocenters. The fourth-order valence-corrected chi connectivity index (χ4v) is 2.94. The number of aryl methyl sites for hydroxylation is 1. The molecule has 3 rings (SSSR count). The van der Waals surface area contributed by atoms with Crippen LogP contribution in [0.3, 0.4) is 0 Å². The first-order chi connectivity index (χ1) is 11.1. The summed E-state index contributed by atoms with van der Waals surface area (Å²) in [7, 11) is 2.96. The molecule has 2 aromatic rings. The smallest absolute Gasteiger partial charge is 0.343 e. The molecule has 0 saturated heterocycles. The summed E-state index contributed by atoms with van der Waals surface area (Å²) in [4.78, 5) is 24.5. The Morgan fingerprint density at radius 3 is 2.61 bits per heavy atom. The van der Waals surface area contributed by atoms with Crippen LogP contribution < -0.4 is 15.0 Å². The number of carbonyl (C=O) groups is 1. The van der Waals surface area contributed by atoms with Gasteiger partial charge in [-0.3, -0.25) is 9.89 Å². The predicted molar refractivity (Wildman–Crippen MR) is 82.2 cm³/mol. The van der Waals surface area contributed by atoms with Crippen LogP contribution in [-0.2, 0) is 11.2 Å². The van der Waals surface area contributed by atoms with E-state index in [0.717, 1.165) is 12.1 Å². The summed E-state index contributed by atoms with van der Waals surface area (Å²) in [6.07, 6.45) is 0.805. The number of carbonyl (C=O) groups excluding carboxylic acids is 1. The van der Waals surface area contributed by atoms with Gasteiger partial charge in [0.1, 0.15) is 5.56 Å². The maximum atomic E-state index is 12.3. The van der Waals surface area contributed by atoms with Crippen molar-refractivity contribution >= 4 is 5.97 Å². The molecule has 0 radical (unpaired) electrons. The molecule has 0 fully saturated rings. The van der Waals surface area contributed by atoms with E-state index in [0.29, 0.717) is 34.6 Å². The number of aromatic amines is 2. The zero-order chi connectivity index (χ0) is 16.6. The number of hydrogen-bond acceptors (Lipinski definition) is 5. The molecule has 2 heterocycles. The first-order valence-electron chi connectivity index (χ1n) is 7.37. The molecular weight excluding hydrogens is 300 g/mol. The van der Waals surface area contributed by atoms with E-state index >= 15 is 0 Å². The highest BCUT2D eigenvalue weighted by Gasteiger charge is 2.39. The molecule has 122 valence electrons. The summed E-state index contributed by atoms with van der Waals surface area (Å²) < 4.78 is 16.0. The molecule has 7 heteroatoms. The van der Waals surface area contributed by atoms with Crippen LogP contribution >= 0.6 is 0 Å². The standard InChI is InChI=1S/C16H18N2O5/c1-4-5-9-12(15(19)18-17-9)13-8-6-7-10(21-2)14(22-3)11(8)16(20)23-13/h6-7,13H,4-5H2,1-3H3,(H2,17,18,19). The zero-order valence-corrected chi connectivity index (χ0v) is 13.2. The average Bonchev–Trinajstić information content (AvgIpc) is 3.07. The third-order valence-electron chi connectivity index (χ3n) is 3.95. The topological polar surface area (TPSA) is 93.4 Å². The second-order valence-electron chi connectivity index (χ2n) is 5.27. The number of H-pyrrole nitrogens is 2. The highest BCUT2D eigenvalue weighted by molar-refractivity contribution is 5.98. The van der Waals surface area contributed by atoms with Crippen LogP contribution in [-0.4, -0.2) is 30.4 Å². The van der Waals surface area contributed by atoms with Crippen LogP contribution in [0.2, 0.25) is 0 Å². The van der Waals surface area contributed by atoms with Crippen molar-refractivity contribution < 1.29 is 19.0 Å². The lowest BCUT2D eigenvalue weighted by atomic mass is 9.97. The number of fused-ring (bicyclic) bond motifs is 1. The second-order valence-corrected chi connectivity index (χ2v) is 5.27. The number of methoxy groups -OCH3 is 2. The minimum atomic E-state index is -0.742. The molecule has 2 N–H and O–H groups in total. The van der Waals surface area contributed by atoms with E-state index in [2.05, 4.69) is 10.2 Å². The van der Waals surface area contributed by atoms with E-state index in [1.54, 1.807) is 12.1 Å². The summed E-state index contributed by atoms with van der Waals surface area (Å²) in [6.45, 7) is 2.01. The van der Waals surface area contributed by atoms with E-state index in [4.69, 9.17) is 14.2 Å². The molecule has 23 heavy (non-hydrogen) atoms. The van der Waals surface area contributed by atoms with Crippen molar-refractivity contribution in [1.82, 2.24) is 10.2 Å². The van der Waals surface area contributed by atoms with Gasteiger partial charge in [-0.2, -0.15) is 0 Å². The molecule has 0 amide bonds. The lowest BCUT2D eigenvalue weighted by Crippen LogP contribution is -2.14. The van der Waals surface area contributed by atoms with Gasteiger partial charge in [0.25, 0.3) is 5.56 Å². The van der Waals surface area contributed by atoms with E-state index < -0.39 is 12.1 Å². The zero-order valence-electron chi connectivity index (χ0n) is 13.2. The van der Waals surface area contributed by atoms with Gasteiger partial charge in [-0.1, -0.05) is 19.4 Å². The molecule has 1 aromatic carbocycles. The molecule has 0 saturated carbocycles. The quantitative estimate of drug-likeness (QED) is 0.822. The number of benzene rings is 1.